The van der Waals surface area contributed by atoms with Crippen molar-refractivity contribution in [2.75, 3.05) is 20.3 Å². The number of methoxy groups -OCH3 is 1. The van der Waals surface area contributed by atoms with Crippen molar-refractivity contribution in [3.05, 3.63) is 82.5 Å². The lowest BCUT2D eigenvalue weighted by Gasteiger charge is -2.38. The van der Waals surface area contributed by atoms with Gasteiger partial charge in [0.2, 0.25) is 0 Å². The second kappa shape index (κ2) is 10.9. The van der Waals surface area contributed by atoms with E-state index in [1.807, 2.05) is 74.2 Å². The van der Waals surface area contributed by atoms with Crippen molar-refractivity contribution in [1.82, 2.24) is 14.5 Å². The number of imidazole rings is 1. The van der Waals surface area contributed by atoms with Crippen LogP contribution in [0, 0.1) is 6.92 Å². The highest BCUT2D eigenvalue weighted by Gasteiger charge is 2.40. The number of hydrogen-bond acceptors (Lipinski definition) is 7. The van der Waals surface area contributed by atoms with Gasteiger partial charge < -0.3 is 23.7 Å². The van der Waals surface area contributed by atoms with E-state index in [1.165, 1.54) is 0 Å². The molecule has 194 valence electrons. The third-order valence-corrected chi connectivity index (χ3v) is 6.73. The summed E-state index contributed by atoms with van der Waals surface area (Å²) in [6, 6.07) is 15.3. The molecule has 0 amide bonds. The summed E-state index contributed by atoms with van der Waals surface area (Å²) in [5.41, 5.74) is 4.85. The Morgan fingerprint density at radius 2 is 1.43 bits per heavy atom. The van der Waals surface area contributed by atoms with Crippen molar-refractivity contribution >= 4 is 23.0 Å². The predicted molar refractivity (Wildman–Crippen MR) is 141 cm³/mol. The molecule has 0 spiro atoms. The van der Waals surface area contributed by atoms with Crippen molar-refractivity contribution in [3.63, 3.8) is 0 Å². The van der Waals surface area contributed by atoms with Crippen LogP contribution in [0.25, 0.3) is 11.0 Å². The molecule has 3 aromatic rings. The first-order valence-electron chi connectivity index (χ1n) is 12.4. The molecule has 37 heavy (non-hydrogen) atoms. The van der Waals surface area contributed by atoms with E-state index >= 15 is 0 Å². The maximum atomic E-state index is 13.5. The molecule has 0 aliphatic carbocycles. The van der Waals surface area contributed by atoms with Crippen LogP contribution in [0.1, 0.15) is 45.0 Å². The van der Waals surface area contributed by atoms with Crippen LogP contribution < -0.4 is 4.74 Å². The lowest BCUT2D eigenvalue weighted by molar-refractivity contribution is -0.139. The highest BCUT2D eigenvalue weighted by Crippen LogP contribution is 2.43. The molecule has 0 atom stereocenters. The fraction of sp³-hybridized carbons (Fsp3) is 0.345. The van der Waals surface area contributed by atoms with Gasteiger partial charge >= 0.3 is 11.9 Å². The van der Waals surface area contributed by atoms with Gasteiger partial charge in [0.1, 0.15) is 18.2 Å². The van der Waals surface area contributed by atoms with E-state index in [4.69, 9.17) is 14.2 Å². The summed E-state index contributed by atoms with van der Waals surface area (Å²) >= 11 is 0. The average molecular weight is 504 g/mol. The third-order valence-electron chi connectivity index (χ3n) is 6.73. The minimum Gasteiger partial charge on any atom is -0.497 e. The quantitative estimate of drug-likeness (QED) is 0.396. The molecule has 1 aromatic heterocycles. The van der Waals surface area contributed by atoms with Crippen LogP contribution in [0.5, 0.6) is 5.75 Å². The molecular weight excluding hydrogens is 470 g/mol. The minimum atomic E-state index is -0.652. The molecule has 0 saturated carbocycles. The molecule has 1 aliphatic heterocycles. The molecule has 0 radical (unpaired) electrons. The Hall–Kier alpha value is -4.07. The molecule has 8 nitrogen and oxygen atoms in total. The third kappa shape index (κ3) is 4.83. The van der Waals surface area contributed by atoms with Crippen molar-refractivity contribution in [2.24, 2.45) is 0 Å². The number of para-hydroxylation sites is 2. The molecule has 8 heteroatoms. The lowest BCUT2D eigenvalue weighted by atomic mass is 9.79. The molecule has 0 fully saturated rings. The van der Waals surface area contributed by atoms with E-state index in [9.17, 15) is 9.59 Å². The highest BCUT2D eigenvalue weighted by atomic mass is 16.5. The maximum Gasteiger partial charge on any atom is 0.336 e. The van der Waals surface area contributed by atoms with Crippen molar-refractivity contribution in [1.29, 1.82) is 0 Å². The van der Waals surface area contributed by atoms with Crippen molar-refractivity contribution in [3.8, 4) is 5.75 Å². The van der Waals surface area contributed by atoms with Crippen LogP contribution in [0.2, 0.25) is 0 Å². The van der Waals surface area contributed by atoms with Crippen LogP contribution >= 0.6 is 0 Å². The maximum absolute atomic E-state index is 13.5. The summed E-state index contributed by atoms with van der Waals surface area (Å²) in [4.78, 5) is 33.6. The number of carbonyl (C=O) groups is 2. The zero-order chi connectivity index (χ0) is 26.7. The molecule has 4 rings (SSSR count). The SMILES string of the molecule is CCOC(=O)C1=C(C)N(Cn2c(C)nc3ccccc32)C(C)=C(C(=O)OCC)C1c1ccc(OC)cc1. The highest BCUT2D eigenvalue weighted by molar-refractivity contribution is 6.00. The number of aryl methyl sites for hydroxylation is 1. The summed E-state index contributed by atoms with van der Waals surface area (Å²) in [5, 5.41) is 0. The van der Waals surface area contributed by atoms with Gasteiger partial charge in [0.25, 0.3) is 0 Å². The number of esters is 2. The van der Waals surface area contributed by atoms with Crippen molar-refractivity contribution < 1.29 is 23.8 Å². The first-order valence-corrected chi connectivity index (χ1v) is 12.4. The Bertz CT molecular complexity index is 1340. The molecule has 0 N–H and O–H groups in total. The number of benzene rings is 2. The molecule has 0 unspecified atom stereocenters. The van der Waals surface area contributed by atoms with Gasteiger partial charge in [-0.15, -0.1) is 0 Å². The predicted octanol–water partition coefficient (Wildman–Crippen LogP) is 5.08. The lowest BCUT2D eigenvalue weighted by Crippen LogP contribution is -2.36. The number of allylic oxidation sites excluding steroid dienone is 2. The Labute approximate surface area is 217 Å². The van der Waals surface area contributed by atoms with Gasteiger partial charge in [-0.1, -0.05) is 24.3 Å². The first-order chi connectivity index (χ1) is 17.8. The molecule has 2 aromatic carbocycles. The second-order valence-electron chi connectivity index (χ2n) is 8.79. The topological polar surface area (TPSA) is 82.9 Å². The number of ether oxygens (including phenoxy) is 3. The van der Waals surface area contributed by atoms with Crippen LogP contribution in [0.3, 0.4) is 0 Å². The van der Waals surface area contributed by atoms with Crippen molar-refractivity contribution in [2.45, 2.75) is 47.2 Å². The zero-order valence-electron chi connectivity index (χ0n) is 22.2. The fourth-order valence-electron chi connectivity index (χ4n) is 4.91. The van der Waals surface area contributed by atoms with E-state index in [1.54, 1.807) is 21.0 Å². The van der Waals surface area contributed by atoms with Crippen LogP contribution in [-0.2, 0) is 25.7 Å². The summed E-state index contributed by atoms with van der Waals surface area (Å²) < 4.78 is 18.4. The average Bonchev–Trinajstić information content (AvgIpc) is 3.21. The monoisotopic (exact) mass is 503 g/mol. The number of nitrogens with zero attached hydrogens (tertiary/aromatic N) is 3. The number of fused-ring (bicyclic) bond motifs is 1. The van der Waals surface area contributed by atoms with Gasteiger partial charge in [-0.25, -0.2) is 14.6 Å². The van der Waals surface area contributed by atoms with Gasteiger partial charge in [0.15, 0.2) is 0 Å². The van der Waals surface area contributed by atoms with Gasteiger partial charge in [-0.05, 0) is 64.4 Å². The van der Waals surface area contributed by atoms with E-state index in [-0.39, 0.29) is 13.2 Å². The smallest absolute Gasteiger partial charge is 0.336 e. The number of carbonyl (C=O) groups excluding carboxylic acids is 2. The molecular formula is C29H33N3O5. The first kappa shape index (κ1) is 26.0. The normalized spacial score (nSPS) is 14.4. The van der Waals surface area contributed by atoms with Gasteiger partial charge in [-0.2, -0.15) is 0 Å². The number of hydrogen-bond donors (Lipinski definition) is 0. The van der Waals surface area contributed by atoms with E-state index in [0.29, 0.717) is 35.0 Å². The minimum absolute atomic E-state index is 0.216. The zero-order valence-corrected chi connectivity index (χ0v) is 22.2. The largest absolute Gasteiger partial charge is 0.497 e. The standard InChI is InChI=1S/C29H33N3O5/c1-7-36-28(33)25-18(3)31(17-32-20(5)30-23-11-9-10-12-24(23)32)19(4)26(29(34)37-8-2)27(25)21-13-15-22(35-6)16-14-21/h9-16,27H,7-8,17H2,1-6H3. The summed E-state index contributed by atoms with van der Waals surface area (Å²) in [6.45, 7) is 10.1. The van der Waals surface area contributed by atoms with Crippen LogP contribution in [0.4, 0.5) is 0 Å². The van der Waals surface area contributed by atoms with Gasteiger partial charge in [-0.3, -0.25) is 0 Å². The van der Waals surface area contributed by atoms with E-state index in [2.05, 4.69) is 9.55 Å². The summed E-state index contributed by atoms with van der Waals surface area (Å²) in [7, 11) is 1.59. The summed E-state index contributed by atoms with van der Waals surface area (Å²) in [5.74, 6) is -0.0737. The molecule has 0 saturated heterocycles. The van der Waals surface area contributed by atoms with Gasteiger partial charge in [0, 0.05) is 11.4 Å². The van der Waals surface area contributed by atoms with E-state index in [0.717, 1.165) is 22.4 Å². The van der Waals surface area contributed by atoms with Crippen LogP contribution in [0.15, 0.2) is 71.1 Å². The number of aromatic nitrogens is 2. The summed E-state index contributed by atoms with van der Waals surface area (Å²) in [6.07, 6.45) is 0. The fourth-order valence-corrected chi connectivity index (χ4v) is 4.91. The van der Waals surface area contributed by atoms with Gasteiger partial charge in [0.05, 0.1) is 48.4 Å². The molecule has 1 aliphatic rings. The molecule has 0 bridgehead atoms. The Morgan fingerprint density at radius 3 is 1.97 bits per heavy atom. The number of rotatable bonds is 8. The Morgan fingerprint density at radius 1 is 0.865 bits per heavy atom. The Kier molecular flexibility index (Phi) is 7.66. The second-order valence-corrected chi connectivity index (χ2v) is 8.79. The Balaban J connectivity index is 1.92. The van der Waals surface area contributed by atoms with Crippen LogP contribution in [-0.4, -0.2) is 46.7 Å². The van der Waals surface area contributed by atoms with E-state index < -0.39 is 17.9 Å². The molecule has 2 heterocycles.